The van der Waals surface area contributed by atoms with Gasteiger partial charge in [0.05, 0.1) is 28.2 Å². The van der Waals surface area contributed by atoms with E-state index in [1.54, 1.807) is 0 Å². The Hall–Kier alpha value is -6.77. The van der Waals surface area contributed by atoms with Gasteiger partial charge < -0.3 is 14.0 Å². The summed E-state index contributed by atoms with van der Waals surface area (Å²) in [6, 6.07) is 63.7. The van der Waals surface area contributed by atoms with Crippen LogP contribution in [0.3, 0.4) is 0 Å². The second kappa shape index (κ2) is 18.1. The van der Waals surface area contributed by atoms with Crippen LogP contribution in [0.25, 0.3) is 94.8 Å². The second-order valence-electron chi connectivity index (χ2n) is 16.6. The van der Waals surface area contributed by atoms with Gasteiger partial charge >= 0.3 is 99.8 Å². The fraction of sp³-hybridized carbons (Fsp3) is 0.0714. The Morgan fingerprint density at radius 2 is 1.27 bits per heavy atom. The van der Waals surface area contributed by atoms with Crippen LogP contribution in [0.4, 0.5) is 0 Å². The van der Waals surface area contributed by atoms with Crippen LogP contribution in [0.5, 0.6) is 0 Å². The van der Waals surface area contributed by atoms with E-state index in [9.17, 15) is 0 Å². The molecule has 8 heteroatoms. The normalized spacial score (nSPS) is 11.3. The fourth-order valence-electron chi connectivity index (χ4n) is 8.15. The third-order valence-corrected chi connectivity index (χ3v) is 15.7. The summed E-state index contributed by atoms with van der Waals surface area (Å²) in [6.07, 6.45) is 7.15. The molecule has 313 valence electrons. The summed E-state index contributed by atoms with van der Waals surface area (Å²) in [7, 11) is 0. The summed E-state index contributed by atoms with van der Waals surface area (Å²) in [6.45, 7) is 2.04. The third-order valence-electron chi connectivity index (χ3n) is 11.4. The molecule has 0 unspecified atom stereocenters. The maximum Gasteiger partial charge on any atom is 0 e. The standard InChI is InChI=1S/C42H27N4O.C14H16GeN.Ir/c1-27-39-37(22-23-43-27)45-41(32-24-36-35-21-20-31(28-12-5-2-6-13-28)25-38(35)47-42(36)44-26-32)46(39)40-33(29-14-7-3-8-15-29)18-11-19-34(40)30-16-9-4-10-17-30;1-15(2,3)13-9-10-14(16-11-13)12-7-5-4-6-8-12;/h2-25H,1H3;4-7,9-11H,1-3H3;/q2*-1;. The molecule has 0 saturated carbocycles. The van der Waals surface area contributed by atoms with Crippen molar-refractivity contribution >= 4 is 50.8 Å². The molecular weight excluding hydrogens is 1020 g/mol. The zero-order valence-electron chi connectivity index (χ0n) is 35.9. The topological polar surface area (TPSA) is 69.6 Å². The summed E-state index contributed by atoms with van der Waals surface area (Å²) >= 11 is -1.72. The van der Waals surface area contributed by atoms with Gasteiger partial charge in [-0.15, -0.1) is 6.07 Å². The first-order valence-electron chi connectivity index (χ1n) is 21.1. The van der Waals surface area contributed by atoms with E-state index in [2.05, 4.69) is 154 Å². The number of benzene rings is 6. The zero-order valence-corrected chi connectivity index (χ0v) is 40.4. The van der Waals surface area contributed by atoms with Gasteiger partial charge in [0.2, 0.25) is 0 Å². The minimum absolute atomic E-state index is 0. The number of pyridine rings is 3. The monoisotopic (exact) mass is 1070 g/mol. The van der Waals surface area contributed by atoms with Crippen molar-refractivity contribution in [3.63, 3.8) is 0 Å². The van der Waals surface area contributed by atoms with Crippen molar-refractivity contribution in [3.8, 4) is 61.7 Å². The third kappa shape index (κ3) is 8.38. The van der Waals surface area contributed by atoms with Crippen molar-refractivity contribution < 1.29 is 24.5 Å². The molecule has 0 aliphatic carbocycles. The molecule has 1 radical (unpaired) electrons. The van der Waals surface area contributed by atoms with Gasteiger partial charge in [-0.2, -0.15) is 0 Å². The molecule has 11 rings (SSSR count). The minimum atomic E-state index is -1.72. The maximum absolute atomic E-state index is 6.27. The molecule has 0 spiro atoms. The maximum atomic E-state index is 6.27. The predicted octanol–water partition coefficient (Wildman–Crippen LogP) is 13.6. The Bertz CT molecular complexity index is 3310. The number of aryl methyl sites for hydroxylation is 1. The quantitative estimate of drug-likeness (QED) is 0.117. The molecule has 0 atom stereocenters. The summed E-state index contributed by atoms with van der Waals surface area (Å²) in [5, 5.41) is 1.92. The van der Waals surface area contributed by atoms with E-state index in [0.29, 0.717) is 5.71 Å². The van der Waals surface area contributed by atoms with Crippen LogP contribution in [0, 0.1) is 19.2 Å². The molecule has 0 aliphatic rings. The molecule has 0 aliphatic heterocycles. The van der Waals surface area contributed by atoms with Crippen molar-refractivity contribution in [1.29, 1.82) is 0 Å². The van der Waals surface area contributed by atoms with Gasteiger partial charge in [0.25, 0.3) is 0 Å². The van der Waals surface area contributed by atoms with Crippen molar-refractivity contribution in [2.24, 2.45) is 0 Å². The van der Waals surface area contributed by atoms with Gasteiger partial charge in [0.1, 0.15) is 11.3 Å². The molecule has 5 aromatic heterocycles. The van der Waals surface area contributed by atoms with E-state index >= 15 is 0 Å². The Balaban J connectivity index is 0.000000258. The predicted molar refractivity (Wildman–Crippen MR) is 261 cm³/mol. The van der Waals surface area contributed by atoms with E-state index in [-0.39, 0.29) is 20.1 Å². The van der Waals surface area contributed by atoms with Gasteiger partial charge in [-0.3, -0.25) is 9.97 Å². The number of furan rings is 1. The summed E-state index contributed by atoms with van der Waals surface area (Å²) in [5.41, 5.74) is 14.5. The Labute approximate surface area is 389 Å². The molecule has 0 amide bonds. The first kappa shape index (κ1) is 42.5. The zero-order chi connectivity index (χ0) is 42.9. The summed E-state index contributed by atoms with van der Waals surface area (Å²) in [5.74, 6) is 7.88. The van der Waals surface area contributed by atoms with Crippen LogP contribution in [-0.4, -0.2) is 37.8 Å². The van der Waals surface area contributed by atoms with E-state index in [4.69, 9.17) is 19.4 Å². The van der Waals surface area contributed by atoms with Crippen LogP contribution < -0.4 is 4.40 Å². The average molecular weight is 1070 g/mol. The number of aromatic nitrogens is 5. The Morgan fingerprint density at radius 3 is 1.89 bits per heavy atom. The van der Waals surface area contributed by atoms with Crippen molar-refractivity contribution in [2.45, 2.75) is 24.2 Å². The van der Waals surface area contributed by atoms with E-state index in [0.717, 1.165) is 94.8 Å². The number of fused-ring (bicyclic) bond motifs is 4. The van der Waals surface area contributed by atoms with Gasteiger partial charge in [-0.1, -0.05) is 127 Å². The number of nitrogens with zero attached hydrogens (tertiary/aromatic N) is 5. The first-order chi connectivity index (χ1) is 30.8. The largest absolute Gasteiger partial charge is 0 e. The minimum Gasteiger partial charge on any atom is 0 e. The second-order valence-corrected chi connectivity index (χ2v) is 27.3. The van der Waals surface area contributed by atoms with Gasteiger partial charge in [-0.25, -0.2) is 0 Å². The van der Waals surface area contributed by atoms with Crippen LogP contribution in [-0.2, 0) is 20.1 Å². The van der Waals surface area contributed by atoms with Gasteiger partial charge in [0.15, 0.2) is 0 Å². The smallest absolute Gasteiger partial charge is 0 e. The molecule has 0 saturated heterocycles. The number of para-hydroxylation sites is 1. The molecule has 5 heterocycles. The summed E-state index contributed by atoms with van der Waals surface area (Å²) in [4.78, 5) is 19.2. The molecule has 0 N–H and O–H groups in total. The van der Waals surface area contributed by atoms with Crippen molar-refractivity contribution in [2.75, 3.05) is 0 Å². The van der Waals surface area contributed by atoms with E-state index < -0.39 is 13.3 Å². The molecule has 11 aromatic rings. The van der Waals surface area contributed by atoms with E-state index in [1.807, 2.05) is 80.0 Å². The fourth-order valence-corrected chi connectivity index (χ4v) is 10.3. The Kier molecular flexibility index (Phi) is 12.1. The molecular formula is C56H43GeIrN5O-2. The van der Waals surface area contributed by atoms with Gasteiger partial charge in [0, 0.05) is 42.8 Å². The first-order valence-corrected chi connectivity index (χ1v) is 28.5. The molecule has 6 aromatic carbocycles. The van der Waals surface area contributed by atoms with Gasteiger partial charge in [-0.05, 0) is 52.9 Å². The van der Waals surface area contributed by atoms with Crippen molar-refractivity contribution in [1.82, 2.24) is 24.5 Å². The molecule has 0 fully saturated rings. The Morgan fingerprint density at radius 1 is 0.594 bits per heavy atom. The number of rotatable bonds is 7. The number of hydrogen-bond donors (Lipinski definition) is 0. The van der Waals surface area contributed by atoms with Crippen LogP contribution in [0.2, 0.25) is 17.3 Å². The number of imidazole rings is 1. The van der Waals surface area contributed by atoms with Crippen LogP contribution in [0.1, 0.15) is 5.69 Å². The van der Waals surface area contributed by atoms with Crippen molar-refractivity contribution in [3.05, 3.63) is 206 Å². The molecule has 6 nitrogen and oxygen atoms in total. The SMILES string of the molecule is Cc1nccc2nc(-c3[c-]nc4oc5cc(-c6ccccc6)ccc5c4c3)n(-c3c(-c4ccccc4)cccc3-c3ccccc3)c12.[CH3][Ge]([CH3])([CH3])[c]1ccc(-c2[c-]cccc2)nc1.[Ir]. The number of hydrogen-bond acceptors (Lipinski definition) is 5. The summed E-state index contributed by atoms with van der Waals surface area (Å²) < 4.78 is 9.96. The molecule has 64 heavy (non-hydrogen) atoms. The van der Waals surface area contributed by atoms with Crippen LogP contribution in [0.15, 0.2) is 193 Å². The van der Waals surface area contributed by atoms with Crippen LogP contribution >= 0.6 is 0 Å². The average Bonchev–Trinajstić information content (AvgIpc) is 3.91. The van der Waals surface area contributed by atoms with E-state index in [1.165, 1.54) is 4.40 Å². The molecule has 0 bridgehead atoms.